The molecular weight excluding hydrogens is 230 g/mol. The molecule has 0 aliphatic heterocycles. The standard InChI is InChI=1S/C14H9NO3/c16-13-7-12-10(8-15-13)6-11(14(17)18-12)9-4-2-1-3-5-9/h1-8H,(H,15,16). The van der Waals surface area contributed by atoms with Gasteiger partial charge in [0.1, 0.15) is 5.58 Å². The molecule has 0 aliphatic rings. The summed E-state index contributed by atoms with van der Waals surface area (Å²) in [6, 6.07) is 12.2. The number of hydrogen-bond donors (Lipinski definition) is 1. The molecule has 0 aliphatic carbocycles. The fourth-order valence-corrected chi connectivity index (χ4v) is 1.85. The molecule has 0 saturated heterocycles. The van der Waals surface area contributed by atoms with Crippen LogP contribution >= 0.6 is 0 Å². The minimum absolute atomic E-state index is 0.293. The fourth-order valence-electron chi connectivity index (χ4n) is 1.85. The molecule has 0 fully saturated rings. The monoisotopic (exact) mass is 239 g/mol. The van der Waals surface area contributed by atoms with E-state index in [2.05, 4.69) is 4.98 Å². The second-order valence-electron chi connectivity index (χ2n) is 3.93. The van der Waals surface area contributed by atoms with Crippen LogP contribution in [0.4, 0.5) is 0 Å². The van der Waals surface area contributed by atoms with Crippen LogP contribution in [0.5, 0.6) is 0 Å². The first-order valence-electron chi connectivity index (χ1n) is 5.46. The van der Waals surface area contributed by atoms with Crippen molar-refractivity contribution >= 4 is 11.0 Å². The van der Waals surface area contributed by atoms with Crippen molar-refractivity contribution in [1.29, 1.82) is 0 Å². The Morgan fingerprint density at radius 3 is 2.56 bits per heavy atom. The zero-order chi connectivity index (χ0) is 12.5. The Balaban J connectivity index is 2.32. The third-order valence-corrected chi connectivity index (χ3v) is 2.72. The predicted octanol–water partition coefficient (Wildman–Crippen LogP) is 2.15. The molecule has 1 aromatic carbocycles. The molecule has 3 rings (SSSR count). The van der Waals surface area contributed by atoms with Gasteiger partial charge in [-0.3, -0.25) is 4.79 Å². The van der Waals surface area contributed by atoms with Gasteiger partial charge in [0.05, 0.1) is 5.56 Å². The molecule has 88 valence electrons. The smallest absolute Gasteiger partial charge is 0.344 e. The largest absolute Gasteiger partial charge is 0.422 e. The molecule has 0 saturated carbocycles. The van der Waals surface area contributed by atoms with E-state index < -0.39 is 5.63 Å². The van der Waals surface area contributed by atoms with Gasteiger partial charge in [-0.15, -0.1) is 0 Å². The van der Waals surface area contributed by atoms with Gasteiger partial charge >= 0.3 is 5.63 Å². The lowest BCUT2D eigenvalue weighted by Crippen LogP contribution is -2.06. The van der Waals surface area contributed by atoms with E-state index in [1.54, 1.807) is 6.07 Å². The van der Waals surface area contributed by atoms with Crippen molar-refractivity contribution in [3.05, 3.63) is 69.4 Å². The Bertz CT molecular complexity index is 816. The van der Waals surface area contributed by atoms with Crippen LogP contribution in [0.3, 0.4) is 0 Å². The molecule has 4 nitrogen and oxygen atoms in total. The van der Waals surface area contributed by atoms with Gasteiger partial charge in [0.25, 0.3) is 5.56 Å². The molecule has 0 atom stereocenters. The van der Waals surface area contributed by atoms with Gasteiger partial charge in [0.15, 0.2) is 0 Å². The van der Waals surface area contributed by atoms with Gasteiger partial charge in [-0.2, -0.15) is 0 Å². The van der Waals surface area contributed by atoms with E-state index in [9.17, 15) is 9.59 Å². The molecule has 0 radical (unpaired) electrons. The van der Waals surface area contributed by atoms with E-state index in [1.807, 2.05) is 30.3 Å². The fraction of sp³-hybridized carbons (Fsp3) is 0. The summed E-state index contributed by atoms with van der Waals surface area (Å²) in [4.78, 5) is 25.6. The van der Waals surface area contributed by atoms with Gasteiger partial charge in [-0.1, -0.05) is 30.3 Å². The number of aromatic amines is 1. The number of hydrogen-bond acceptors (Lipinski definition) is 3. The van der Waals surface area contributed by atoms with Crippen LogP contribution in [-0.2, 0) is 0 Å². The highest BCUT2D eigenvalue weighted by Crippen LogP contribution is 2.19. The van der Waals surface area contributed by atoms with Crippen molar-refractivity contribution in [3.8, 4) is 11.1 Å². The number of aromatic nitrogens is 1. The summed E-state index contributed by atoms with van der Waals surface area (Å²) >= 11 is 0. The molecule has 18 heavy (non-hydrogen) atoms. The van der Waals surface area contributed by atoms with Crippen LogP contribution < -0.4 is 11.2 Å². The molecule has 0 amide bonds. The Kier molecular flexibility index (Phi) is 2.34. The van der Waals surface area contributed by atoms with Crippen LogP contribution in [0.25, 0.3) is 22.1 Å². The van der Waals surface area contributed by atoms with Crippen LogP contribution in [0.15, 0.2) is 62.7 Å². The van der Waals surface area contributed by atoms with Crippen molar-refractivity contribution in [3.63, 3.8) is 0 Å². The number of pyridine rings is 1. The van der Waals surface area contributed by atoms with Crippen molar-refractivity contribution in [2.24, 2.45) is 0 Å². The summed E-state index contributed by atoms with van der Waals surface area (Å²) in [5, 5.41) is 0.688. The zero-order valence-corrected chi connectivity index (χ0v) is 9.34. The van der Waals surface area contributed by atoms with E-state index in [-0.39, 0.29) is 5.56 Å². The third-order valence-electron chi connectivity index (χ3n) is 2.72. The number of fused-ring (bicyclic) bond motifs is 1. The van der Waals surface area contributed by atoms with Crippen LogP contribution in [0, 0.1) is 0 Å². The number of rotatable bonds is 1. The average molecular weight is 239 g/mol. The summed E-state index contributed by atoms with van der Waals surface area (Å²) in [6.45, 7) is 0. The topological polar surface area (TPSA) is 63.1 Å². The maximum atomic E-state index is 11.9. The lowest BCUT2D eigenvalue weighted by atomic mass is 10.1. The zero-order valence-electron chi connectivity index (χ0n) is 9.34. The second-order valence-corrected chi connectivity index (χ2v) is 3.93. The van der Waals surface area contributed by atoms with E-state index in [1.165, 1.54) is 12.3 Å². The highest BCUT2D eigenvalue weighted by atomic mass is 16.4. The maximum absolute atomic E-state index is 11.9. The Hall–Kier alpha value is -2.62. The first-order chi connectivity index (χ1) is 8.74. The summed E-state index contributed by atoms with van der Waals surface area (Å²) < 4.78 is 5.15. The quantitative estimate of drug-likeness (QED) is 0.707. The summed E-state index contributed by atoms with van der Waals surface area (Å²) in [6.07, 6.45) is 1.53. The summed E-state index contributed by atoms with van der Waals surface area (Å²) in [7, 11) is 0. The van der Waals surface area contributed by atoms with Crippen LogP contribution in [0.1, 0.15) is 0 Å². The van der Waals surface area contributed by atoms with Crippen LogP contribution in [0.2, 0.25) is 0 Å². The molecule has 2 heterocycles. The summed E-state index contributed by atoms with van der Waals surface area (Å²) in [5.41, 5.74) is 0.829. The summed E-state index contributed by atoms with van der Waals surface area (Å²) in [5.74, 6) is 0. The van der Waals surface area contributed by atoms with Crippen molar-refractivity contribution < 1.29 is 4.42 Å². The van der Waals surface area contributed by atoms with E-state index >= 15 is 0 Å². The maximum Gasteiger partial charge on any atom is 0.344 e. The number of H-pyrrole nitrogens is 1. The Morgan fingerprint density at radius 2 is 1.78 bits per heavy atom. The molecule has 0 spiro atoms. The van der Waals surface area contributed by atoms with Gasteiger partial charge in [-0.05, 0) is 11.6 Å². The van der Waals surface area contributed by atoms with E-state index in [0.717, 1.165) is 5.56 Å². The minimum Gasteiger partial charge on any atom is -0.422 e. The van der Waals surface area contributed by atoms with Gasteiger partial charge < -0.3 is 9.40 Å². The van der Waals surface area contributed by atoms with Gasteiger partial charge in [0.2, 0.25) is 0 Å². The Morgan fingerprint density at radius 1 is 1.00 bits per heavy atom. The van der Waals surface area contributed by atoms with Gasteiger partial charge in [0, 0.05) is 17.6 Å². The van der Waals surface area contributed by atoms with Gasteiger partial charge in [-0.25, -0.2) is 4.79 Å². The molecular formula is C14H9NO3. The van der Waals surface area contributed by atoms with E-state index in [4.69, 9.17) is 4.42 Å². The number of benzene rings is 1. The van der Waals surface area contributed by atoms with Crippen molar-refractivity contribution in [2.75, 3.05) is 0 Å². The predicted molar refractivity (Wildman–Crippen MR) is 68.5 cm³/mol. The molecule has 0 unspecified atom stereocenters. The SMILES string of the molecule is O=c1cc2oc(=O)c(-c3ccccc3)cc2c[nH]1. The highest BCUT2D eigenvalue weighted by Gasteiger charge is 2.07. The van der Waals surface area contributed by atoms with Crippen molar-refractivity contribution in [1.82, 2.24) is 4.98 Å². The molecule has 1 N–H and O–H groups in total. The first kappa shape index (κ1) is 10.5. The highest BCUT2D eigenvalue weighted by molar-refractivity contribution is 5.80. The number of nitrogens with one attached hydrogen (secondary N) is 1. The Labute approximate surface area is 102 Å². The minimum atomic E-state index is -0.445. The first-order valence-corrected chi connectivity index (χ1v) is 5.46. The molecule has 3 aromatic rings. The average Bonchev–Trinajstić information content (AvgIpc) is 2.39. The third kappa shape index (κ3) is 1.73. The lowest BCUT2D eigenvalue weighted by Gasteiger charge is -2.01. The molecule has 4 heteroatoms. The second kappa shape index (κ2) is 4.00. The lowest BCUT2D eigenvalue weighted by molar-refractivity contribution is 0.562. The normalized spacial score (nSPS) is 10.7. The van der Waals surface area contributed by atoms with E-state index in [0.29, 0.717) is 16.5 Å². The van der Waals surface area contributed by atoms with Crippen LogP contribution in [-0.4, -0.2) is 4.98 Å². The van der Waals surface area contributed by atoms with Crippen molar-refractivity contribution in [2.45, 2.75) is 0 Å². The molecule has 0 bridgehead atoms. The molecule has 2 aromatic heterocycles.